The molecule has 156 valence electrons. The molecule has 29 heavy (non-hydrogen) atoms. The Morgan fingerprint density at radius 2 is 2.00 bits per heavy atom. The Balaban J connectivity index is 1.98. The van der Waals surface area contributed by atoms with E-state index in [0.29, 0.717) is 0 Å². The van der Waals surface area contributed by atoms with E-state index in [2.05, 4.69) is 41.3 Å². The molecule has 0 spiro atoms. The number of para-hydroxylation sites is 1. The third kappa shape index (κ3) is 5.26. The Morgan fingerprint density at radius 3 is 2.69 bits per heavy atom. The van der Waals surface area contributed by atoms with Crippen LogP contribution in [0.2, 0.25) is 0 Å². The molecule has 1 aliphatic heterocycles. The first-order valence-corrected chi connectivity index (χ1v) is 10.4. The Hall–Kier alpha value is -2.60. The number of amides is 1. The number of benzene rings is 2. The predicted octanol–water partition coefficient (Wildman–Crippen LogP) is 4.30. The maximum absolute atomic E-state index is 13.4. The first-order chi connectivity index (χ1) is 14.0. The summed E-state index contributed by atoms with van der Waals surface area (Å²) >= 11 is 0. The van der Waals surface area contributed by atoms with Gasteiger partial charge >= 0.3 is 0 Å². The molecule has 1 aliphatic rings. The van der Waals surface area contributed by atoms with Gasteiger partial charge in [-0.25, -0.2) is 4.39 Å². The smallest absolute Gasteiger partial charge is 0.237 e. The van der Waals surface area contributed by atoms with Gasteiger partial charge in [-0.05, 0) is 68.5 Å². The van der Waals surface area contributed by atoms with Crippen molar-refractivity contribution in [1.29, 1.82) is 0 Å². The molecule has 6 heteroatoms. The summed E-state index contributed by atoms with van der Waals surface area (Å²) < 4.78 is 13.4. The zero-order chi connectivity index (χ0) is 20.8. The lowest BCUT2D eigenvalue weighted by atomic mass is 10.1. The highest BCUT2D eigenvalue weighted by Gasteiger charge is 2.32. The van der Waals surface area contributed by atoms with E-state index in [1.165, 1.54) is 17.7 Å². The number of hydrogen-bond donors (Lipinski definition) is 2. The normalized spacial score (nSPS) is 17.5. The molecular formula is C23H31FN4O. The van der Waals surface area contributed by atoms with Gasteiger partial charge in [-0.1, -0.05) is 31.5 Å². The van der Waals surface area contributed by atoms with Crippen molar-refractivity contribution in [1.82, 2.24) is 5.01 Å². The van der Waals surface area contributed by atoms with Gasteiger partial charge in [-0.3, -0.25) is 4.79 Å². The summed E-state index contributed by atoms with van der Waals surface area (Å²) in [5.74, 6) is -0.612. The third-order valence-electron chi connectivity index (χ3n) is 5.50. The second kappa shape index (κ2) is 9.74. The minimum atomic E-state index is -0.350. The first kappa shape index (κ1) is 21.1. The number of rotatable bonds is 8. The molecule has 1 heterocycles. The van der Waals surface area contributed by atoms with Gasteiger partial charge in [0, 0.05) is 17.4 Å². The van der Waals surface area contributed by atoms with Gasteiger partial charge in [-0.2, -0.15) is 5.01 Å². The summed E-state index contributed by atoms with van der Waals surface area (Å²) in [4.78, 5) is 14.1. The number of nitrogens with zero attached hydrogens (tertiary/aromatic N) is 2. The van der Waals surface area contributed by atoms with Crippen LogP contribution in [0.4, 0.5) is 15.8 Å². The Kier molecular flexibility index (Phi) is 7.09. The zero-order valence-electron chi connectivity index (χ0n) is 17.3. The molecule has 1 unspecified atom stereocenters. The van der Waals surface area contributed by atoms with Crippen LogP contribution < -0.4 is 16.1 Å². The molecule has 1 amide bonds. The van der Waals surface area contributed by atoms with Crippen molar-refractivity contribution in [3.05, 3.63) is 59.9 Å². The van der Waals surface area contributed by atoms with Gasteiger partial charge in [0.1, 0.15) is 12.0 Å². The highest BCUT2D eigenvalue weighted by atomic mass is 19.1. The molecule has 2 aromatic rings. The minimum absolute atomic E-state index is 0.0437. The van der Waals surface area contributed by atoms with Crippen molar-refractivity contribution in [2.24, 2.45) is 5.73 Å². The van der Waals surface area contributed by atoms with Gasteiger partial charge in [0.2, 0.25) is 5.91 Å². The summed E-state index contributed by atoms with van der Waals surface area (Å²) in [7, 11) is 0. The van der Waals surface area contributed by atoms with Crippen LogP contribution in [0.1, 0.15) is 45.1 Å². The number of carbonyl (C=O) groups excluding carboxylic acids is 1. The van der Waals surface area contributed by atoms with E-state index < -0.39 is 0 Å². The van der Waals surface area contributed by atoms with Crippen molar-refractivity contribution in [3.63, 3.8) is 0 Å². The highest BCUT2D eigenvalue weighted by molar-refractivity contribution is 5.80. The monoisotopic (exact) mass is 398 g/mol. The number of carbonyl (C=O) groups is 1. The fourth-order valence-electron chi connectivity index (χ4n) is 4.15. The molecule has 2 atom stereocenters. The number of nitrogens with one attached hydrogen (secondary N) is 1. The lowest BCUT2D eigenvalue weighted by molar-refractivity contribution is -0.117. The van der Waals surface area contributed by atoms with E-state index in [0.717, 1.165) is 43.5 Å². The van der Waals surface area contributed by atoms with Crippen LogP contribution in [0.3, 0.4) is 0 Å². The van der Waals surface area contributed by atoms with Crippen LogP contribution in [0, 0.1) is 5.82 Å². The van der Waals surface area contributed by atoms with Crippen LogP contribution in [0.5, 0.6) is 0 Å². The lowest BCUT2D eigenvalue weighted by Crippen LogP contribution is -2.56. The van der Waals surface area contributed by atoms with Gasteiger partial charge in [0.25, 0.3) is 0 Å². The number of nitrogens with two attached hydrogens (primary N) is 1. The standard InChI is InChI=1S/C23H31FN4O/c1-3-7-17(2)28(26-20-14-12-19(24)13-15-20)23-11-6-9-18-8-4-5-10-21(18)27(23)16-22(25)29/h4-5,8,10,12-15,17,23,26H,3,6-7,9,11,16H2,1-2H3,(H2,25,29)/t17-,23?/m1/s1. The van der Waals surface area contributed by atoms with Crippen molar-refractivity contribution in [2.75, 3.05) is 16.9 Å². The molecule has 2 aromatic carbocycles. The summed E-state index contributed by atoms with van der Waals surface area (Å²) in [5, 5.41) is 2.21. The van der Waals surface area contributed by atoms with Crippen LogP contribution >= 0.6 is 0 Å². The average molecular weight is 399 g/mol. The molecule has 0 saturated carbocycles. The Bertz CT molecular complexity index is 811. The largest absolute Gasteiger partial charge is 0.368 e. The molecule has 0 radical (unpaired) electrons. The summed E-state index contributed by atoms with van der Waals surface area (Å²) in [6, 6.07) is 14.8. The fraction of sp³-hybridized carbons (Fsp3) is 0.435. The predicted molar refractivity (Wildman–Crippen MR) is 116 cm³/mol. The van der Waals surface area contributed by atoms with Gasteiger partial charge in [0.05, 0.1) is 6.54 Å². The molecule has 0 saturated heterocycles. The molecule has 5 nitrogen and oxygen atoms in total. The number of primary amides is 1. The van der Waals surface area contributed by atoms with Crippen molar-refractivity contribution in [2.45, 2.75) is 58.2 Å². The van der Waals surface area contributed by atoms with Crippen molar-refractivity contribution >= 4 is 17.3 Å². The lowest BCUT2D eigenvalue weighted by Gasteiger charge is -2.43. The molecule has 0 fully saturated rings. The van der Waals surface area contributed by atoms with E-state index in [1.54, 1.807) is 12.1 Å². The molecule has 0 bridgehead atoms. The number of anilines is 2. The van der Waals surface area contributed by atoms with E-state index in [4.69, 9.17) is 5.73 Å². The summed E-state index contributed by atoms with van der Waals surface area (Å²) in [6.45, 7) is 4.50. The third-order valence-corrected chi connectivity index (χ3v) is 5.50. The second-order valence-electron chi connectivity index (χ2n) is 7.76. The minimum Gasteiger partial charge on any atom is -0.368 e. The van der Waals surface area contributed by atoms with E-state index in [9.17, 15) is 9.18 Å². The SMILES string of the molecule is CCC[C@@H](C)N(Nc1ccc(F)cc1)C1CCCc2ccccc2N1CC(N)=O. The molecule has 3 rings (SSSR count). The van der Waals surface area contributed by atoms with E-state index in [1.807, 2.05) is 12.1 Å². The van der Waals surface area contributed by atoms with E-state index >= 15 is 0 Å². The van der Waals surface area contributed by atoms with Crippen LogP contribution in [0.25, 0.3) is 0 Å². The van der Waals surface area contributed by atoms with Crippen molar-refractivity contribution in [3.8, 4) is 0 Å². The number of aryl methyl sites for hydroxylation is 1. The topological polar surface area (TPSA) is 61.6 Å². The number of fused-ring (bicyclic) bond motifs is 1. The molecular weight excluding hydrogens is 367 g/mol. The Morgan fingerprint density at radius 1 is 1.28 bits per heavy atom. The first-order valence-electron chi connectivity index (χ1n) is 10.4. The van der Waals surface area contributed by atoms with Gasteiger partial charge in [-0.15, -0.1) is 0 Å². The maximum Gasteiger partial charge on any atom is 0.237 e. The van der Waals surface area contributed by atoms with Gasteiger partial charge < -0.3 is 16.1 Å². The number of halogens is 1. The summed E-state index contributed by atoms with van der Waals surface area (Å²) in [5.41, 5.74) is 12.3. The molecule has 0 aromatic heterocycles. The Labute approximate surface area is 172 Å². The number of hydrazine groups is 1. The molecule has 0 aliphatic carbocycles. The fourth-order valence-corrected chi connectivity index (χ4v) is 4.15. The quantitative estimate of drug-likeness (QED) is 0.651. The number of hydrogen-bond acceptors (Lipinski definition) is 4. The molecule has 3 N–H and O–H groups in total. The zero-order valence-corrected chi connectivity index (χ0v) is 17.3. The summed E-state index contributed by atoms with van der Waals surface area (Å²) in [6.07, 6.45) is 4.87. The van der Waals surface area contributed by atoms with E-state index in [-0.39, 0.29) is 30.5 Å². The maximum atomic E-state index is 13.4. The van der Waals surface area contributed by atoms with Crippen LogP contribution in [0.15, 0.2) is 48.5 Å². The van der Waals surface area contributed by atoms with Crippen LogP contribution in [-0.4, -0.2) is 29.7 Å². The van der Waals surface area contributed by atoms with Crippen molar-refractivity contribution < 1.29 is 9.18 Å². The van der Waals surface area contributed by atoms with Gasteiger partial charge in [0.15, 0.2) is 0 Å². The highest BCUT2D eigenvalue weighted by Crippen LogP contribution is 2.32. The average Bonchev–Trinajstić information content (AvgIpc) is 2.87. The van der Waals surface area contributed by atoms with Crippen LogP contribution in [-0.2, 0) is 11.2 Å². The second-order valence-corrected chi connectivity index (χ2v) is 7.76.